The average molecular weight is 425 g/mol. The van der Waals surface area contributed by atoms with Gasteiger partial charge in [0.1, 0.15) is 11.2 Å². The molecule has 2 saturated carbocycles. The lowest BCUT2D eigenvalue weighted by Crippen LogP contribution is -2.36. The minimum Gasteiger partial charge on any atom is -0.384 e. The van der Waals surface area contributed by atoms with Gasteiger partial charge in [0.25, 0.3) is 0 Å². The van der Waals surface area contributed by atoms with E-state index in [1.54, 1.807) is 18.3 Å². The number of rotatable bonds is 4. The van der Waals surface area contributed by atoms with Crippen molar-refractivity contribution in [3.63, 3.8) is 0 Å². The lowest BCUT2D eigenvalue weighted by molar-refractivity contribution is -0.123. The summed E-state index contributed by atoms with van der Waals surface area (Å²) in [6, 6.07) is 7.37. The maximum absolute atomic E-state index is 12.9. The van der Waals surface area contributed by atoms with Gasteiger partial charge in [0.05, 0.1) is 22.1 Å². The van der Waals surface area contributed by atoms with E-state index in [-0.39, 0.29) is 11.8 Å². The summed E-state index contributed by atoms with van der Waals surface area (Å²) in [6.45, 7) is 2.09. The van der Waals surface area contributed by atoms with Crippen LogP contribution in [0.4, 0.5) is 5.69 Å². The number of hydrogen-bond donors (Lipinski definition) is 2. The molecule has 2 aliphatic carbocycles. The highest BCUT2D eigenvalue weighted by Gasteiger charge is 2.38. The van der Waals surface area contributed by atoms with E-state index in [0.717, 1.165) is 17.0 Å². The summed E-state index contributed by atoms with van der Waals surface area (Å²) in [5, 5.41) is 14.6. The fraction of sp³-hybridized carbons (Fsp3) is 0.435. The van der Waals surface area contributed by atoms with Crippen LogP contribution in [0.15, 0.2) is 36.7 Å². The van der Waals surface area contributed by atoms with Gasteiger partial charge in [0.2, 0.25) is 5.91 Å². The molecule has 0 atom stereocenters. The number of carbonyl (C=O) groups is 1. The second-order valence-corrected chi connectivity index (χ2v) is 9.10. The van der Waals surface area contributed by atoms with E-state index in [9.17, 15) is 9.90 Å². The van der Waals surface area contributed by atoms with Crippen molar-refractivity contribution < 1.29 is 9.90 Å². The Hall–Kier alpha value is -2.44. The van der Waals surface area contributed by atoms with E-state index in [0.29, 0.717) is 42.3 Å². The van der Waals surface area contributed by atoms with Gasteiger partial charge in [-0.25, -0.2) is 4.98 Å². The SMILES string of the molecule is Cc1c(C2CC2)nc2ccc(NC(=O)[C@H]3CC[C@](O)(c4ccc(Cl)cn4)CC3)cn12. The first-order valence-electron chi connectivity index (χ1n) is 10.6. The standard InChI is InChI=1S/C23H25ClN4O2/c1-14-21(15-2-3-15)27-20-7-5-18(13-28(14)20)26-22(29)16-8-10-23(30,11-9-16)19-6-4-17(24)12-25-19/h4-7,12-13,15-16,30H,2-3,8-11H2,1H3,(H,26,29)/t16-,23+. The van der Waals surface area contributed by atoms with Gasteiger partial charge in [-0.15, -0.1) is 0 Å². The number of nitrogens with one attached hydrogen (secondary N) is 1. The van der Waals surface area contributed by atoms with Crippen LogP contribution >= 0.6 is 11.6 Å². The van der Waals surface area contributed by atoms with Crippen molar-refractivity contribution in [2.75, 3.05) is 5.32 Å². The Morgan fingerprint density at radius 3 is 2.63 bits per heavy atom. The van der Waals surface area contributed by atoms with Crippen LogP contribution in [0.25, 0.3) is 5.65 Å². The van der Waals surface area contributed by atoms with Crippen molar-refractivity contribution >= 4 is 28.8 Å². The number of aromatic nitrogens is 3. The maximum Gasteiger partial charge on any atom is 0.227 e. The molecule has 1 amide bonds. The Morgan fingerprint density at radius 2 is 1.97 bits per heavy atom. The topological polar surface area (TPSA) is 79.5 Å². The highest BCUT2D eigenvalue weighted by Crippen LogP contribution is 2.41. The number of amides is 1. The van der Waals surface area contributed by atoms with Crippen LogP contribution in [-0.4, -0.2) is 25.4 Å². The van der Waals surface area contributed by atoms with Gasteiger partial charge in [-0.3, -0.25) is 9.78 Å². The maximum atomic E-state index is 12.9. The van der Waals surface area contributed by atoms with Crippen LogP contribution in [-0.2, 0) is 10.4 Å². The van der Waals surface area contributed by atoms with Crippen LogP contribution < -0.4 is 5.32 Å². The molecule has 0 unspecified atom stereocenters. The summed E-state index contributed by atoms with van der Waals surface area (Å²) in [6.07, 6.45) is 8.18. The van der Waals surface area contributed by atoms with Gasteiger partial charge in [0.15, 0.2) is 0 Å². The molecule has 0 saturated heterocycles. The molecule has 3 aromatic heterocycles. The lowest BCUT2D eigenvalue weighted by Gasteiger charge is -2.35. The van der Waals surface area contributed by atoms with Crippen LogP contribution in [0, 0.1) is 12.8 Å². The first-order valence-corrected chi connectivity index (χ1v) is 10.9. The predicted octanol–water partition coefficient (Wildman–Crippen LogP) is 4.59. The van der Waals surface area contributed by atoms with E-state index >= 15 is 0 Å². The van der Waals surface area contributed by atoms with Gasteiger partial charge in [-0.1, -0.05) is 11.6 Å². The Morgan fingerprint density at radius 1 is 1.20 bits per heavy atom. The number of nitrogens with zero attached hydrogens (tertiary/aromatic N) is 3. The first-order chi connectivity index (χ1) is 14.4. The molecule has 6 nitrogen and oxygen atoms in total. The minimum absolute atomic E-state index is 0.000602. The molecule has 5 rings (SSSR count). The van der Waals surface area contributed by atoms with Crippen LogP contribution in [0.3, 0.4) is 0 Å². The van der Waals surface area contributed by atoms with E-state index in [2.05, 4.69) is 21.6 Å². The second kappa shape index (κ2) is 7.36. The molecule has 0 aliphatic heterocycles. The van der Waals surface area contributed by atoms with Crippen molar-refractivity contribution in [3.05, 3.63) is 58.8 Å². The highest BCUT2D eigenvalue weighted by molar-refractivity contribution is 6.30. The molecule has 0 radical (unpaired) electrons. The average Bonchev–Trinajstić information content (AvgIpc) is 3.53. The smallest absolute Gasteiger partial charge is 0.227 e. The molecule has 3 heterocycles. The number of halogens is 1. The fourth-order valence-corrected chi connectivity index (χ4v) is 4.62. The fourth-order valence-electron chi connectivity index (χ4n) is 4.51. The predicted molar refractivity (Wildman–Crippen MR) is 116 cm³/mol. The summed E-state index contributed by atoms with van der Waals surface area (Å²) in [5.74, 6) is 0.471. The summed E-state index contributed by atoms with van der Waals surface area (Å²) in [4.78, 5) is 21.9. The number of hydrogen-bond acceptors (Lipinski definition) is 4. The number of fused-ring (bicyclic) bond motifs is 1. The largest absolute Gasteiger partial charge is 0.384 e. The quantitative estimate of drug-likeness (QED) is 0.642. The minimum atomic E-state index is -0.993. The molecule has 3 aromatic rings. The molecule has 0 aromatic carbocycles. The second-order valence-electron chi connectivity index (χ2n) is 8.66. The third-order valence-corrected chi connectivity index (χ3v) is 6.74. The number of aryl methyl sites for hydroxylation is 1. The summed E-state index contributed by atoms with van der Waals surface area (Å²) >= 11 is 5.90. The third-order valence-electron chi connectivity index (χ3n) is 6.51. The number of carbonyl (C=O) groups excluding carboxylic acids is 1. The van der Waals surface area contributed by atoms with E-state index in [1.807, 2.05) is 18.3 Å². The number of anilines is 1. The molecule has 2 aliphatic rings. The third kappa shape index (κ3) is 3.59. The van der Waals surface area contributed by atoms with Crippen LogP contribution in [0.5, 0.6) is 0 Å². The Bertz CT molecular complexity index is 1100. The van der Waals surface area contributed by atoms with Crippen LogP contribution in [0.1, 0.15) is 61.5 Å². The Kier molecular flexibility index (Phi) is 4.79. The zero-order valence-corrected chi connectivity index (χ0v) is 17.7. The molecule has 2 N–H and O–H groups in total. The van der Waals surface area contributed by atoms with Crippen molar-refractivity contribution in [2.45, 2.75) is 57.0 Å². The van der Waals surface area contributed by atoms with Crippen molar-refractivity contribution in [3.8, 4) is 0 Å². The van der Waals surface area contributed by atoms with Gasteiger partial charge >= 0.3 is 0 Å². The van der Waals surface area contributed by atoms with Crippen molar-refractivity contribution in [2.24, 2.45) is 5.92 Å². The Labute approximate surface area is 180 Å². The normalized spacial score (nSPS) is 24.2. The highest BCUT2D eigenvalue weighted by atomic mass is 35.5. The molecule has 7 heteroatoms. The monoisotopic (exact) mass is 424 g/mol. The van der Waals surface area contributed by atoms with Gasteiger partial charge in [-0.05, 0) is 69.7 Å². The zero-order chi connectivity index (χ0) is 20.9. The molecular weight excluding hydrogens is 400 g/mol. The molecule has 30 heavy (non-hydrogen) atoms. The van der Waals surface area contributed by atoms with E-state index in [1.165, 1.54) is 18.5 Å². The number of pyridine rings is 2. The molecule has 156 valence electrons. The lowest BCUT2D eigenvalue weighted by atomic mass is 9.76. The summed E-state index contributed by atoms with van der Waals surface area (Å²) in [5.41, 5.74) is 3.66. The first kappa shape index (κ1) is 19.5. The zero-order valence-electron chi connectivity index (χ0n) is 16.9. The van der Waals surface area contributed by atoms with E-state index < -0.39 is 5.60 Å². The molecule has 0 spiro atoms. The molecule has 2 fully saturated rings. The van der Waals surface area contributed by atoms with Crippen molar-refractivity contribution in [1.82, 2.24) is 14.4 Å². The molecule has 0 bridgehead atoms. The van der Waals surface area contributed by atoms with Gasteiger partial charge in [-0.2, -0.15) is 0 Å². The van der Waals surface area contributed by atoms with Crippen molar-refractivity contribution in [1.29, 1.82) is 0 Å². The van der Waals surface area contributed by atoms with E-state index in [4.69, 9.17) is 16.6 Å². The Balaban J connectivity index is 1.26. The van der Waals surface area contributed by atoms with Gasteiger partial charge < -0.3 is 14.8 Å². The van der Waals surface area contributed by atoms with Crippen LogP contribution in [0.2, 0.25) is 5.02 Å². The molecular formula is C23H25ClN4O2. The summed E-state index contributed by atoms with van der Waals surface area (Å²) in [7, 11) is 0. The van der Waals surface area contributed by atoms with Gasteiger partial charge in [0, 0.05) is 29.9 Å². The summed E-state index contributed by atoms with van der Waals surface area (Å²) < 4.78 is 2.06. The number of aliphatic hydroxyl groups is 1. The number of imidazole rings is 1.